The highest BCUT2D eigenvalue weighted by Crippen LogP contribution is 2.17. The third kappa shape index (κ3) is 4.06. The van der Waals surface area contributed by atoms with Crippen LogP contribution in [0, 0.1) is 5.92 Å². The van der Waals surface area contributed by atoms with Crippen LogP contribution in [-0.2, 0) is 19.1 Å². The molecule has 20 heavy (non-hydrogen) atoms. The molecular weight excluding hydrogens is 258 g/mol. The third-order valence-corrected chi connectivity index (χ3v) is 3.00. The molecule has 0 bridgehead atoms. The molecule has 2 atom stereocenters. The van der Waals surface area contributed by atoms with E-state index in [9.17, 15) is 9.59 Å². The highest BCUT2D eigenvalue weighted by atomic mass is 16.5. The third-order valence-electron chi connectivity index (χ3n) is 3.00. The molecule has 0 aromatic heterocycles. The van der Waals surface area contributed by atoms with Crippen LogP contribution in [0.1, 0.15) is 25.5 Å². The van der Waals surface area contributed by atoms with E-state index in [0.717, 1.165) is 5.56 Å². The van der Waals surface area contributed by atoms with Crippen molar-refractivity contribution in [3.63, 3.8) is 0 Å². The Hall–Kier alpha value is -1.88. The minimum absolute atomic E-state index is 0.0697. The lowest BCUT2D eigenvalue weighted by Crippen LogP contribution is -2.47. The van der Waals surface area contributed by atoms with E-state index in [1.54, 1.807) is 12.1 Å². The van der Waals surface area contributed by atoms with Gasteiger partial charge in [-0.3, -0.25) is 4.79 Å². The Kier molecular flexibility index (Phi) is 6.18. The van der Waals surface area contributed by atoms with E-state index in [1.165, 1.54) is 14.2 Å². The summed E-state index contributed by atoms with van der Waals surface area (Å²) < 4.78 is 9.93. The van der Waals surface area contributed by atoms with E-state index in [1.807, 2.05) is 32.0 Å². The molecule has 1 aromatic rings. The predicted molar refractivity (Wildman–Crippen MR) is 75.0 cm³/mol. The quantitative estimate of drug-likeness (QED) is 0.805. The number of rotatable bonds is 6. The molecule has 5 nitrogen and oxygen atoms in total. The number of benzene rings is 1. The van der Waals surface area contributed by atoms with Gasteiger partial charge in [0, 0.05) is 7.11 Å². The molecule has 0 aliphatic heterocycles. The van der Waals surface area contributed by atoms with E-state index in [4.69, 9.17) is 9.47 Å². The Balaban J connectivity index is 2.84. The molecule has 0 spiro atoms. The summed E-state index contributed by atoms with van der Waals surface area (Å²) in [6, 6.07) is 8.43. The van der Waals surface area contributed by atoms with Gasteiger partial charge in [0.25, 0.3) is 5.91 Å². The predicted octanol–water partition coefficient (Wildman–Crippen LogP) is 1.69. The number of carbonyl (C=O) groups is 2. The monoisotopic (exact) mass is 279 g/mol. The number of ether oxygens (including phenoxy) is 2. The van der Waals surface area contributed by atoms with Crippen LogP contribution in [0.4, 0.5) is 0 Å². The van der Waals surface area contributed by atoms with Gasteiger partial charge in [0.1, 0.15) is 6.04 Å². The molecule has 1 rings (SSSR count). The normalized spacial score (nSPS) is 13.7. The van der Waals surface area contributed by atoms with Crippen LogP contribution in [0.5, 0.6) is 0 Å². The Bertz CT molecular complexity index is 444. The van der Waals surface area contributed by atoms with Gasteiger partial charge in [0.05, 0.1) is 7.11 Å². The first-order valence-electron chi connectivity index (χ1n) is 6.47. The zero-order valence-corrected chi connectivity index (χ0v) is 12.3. The summed E-state index contributed by atoms with van der Waals surface area (Å²) in [4.78, 5) is 23.9. The van der Waals surface area contributed by atoms with Crippen molar-refractivity contribution in [1.82, 2.24) is 5.32 Å². The van der Waals surface area contributed by atoms with E-state index in [0.29, 0.717) is 0 Å². The number of hydrogen-bond acceptors (Lipinski definition) is 4. The Morgan fingerprint density at radius 1 is 1.10 bits per heavy atom. The molecule has 0 saturated heterocycles. The van der Waals surface area contributed by atoms with Gasteiger partial charge >= 0.3 is 5.97 Å². The van der Waals surface area contributed by atoms with Gasteiger partial charge in [-0.15, -0.1) is 0 Å². The van der Waals surface area contributed by atoms with Crippen LogP contribution in [0.15, 0.2) is 30.3 Å². The first kappa shape index (κ1) is 16.2. The fraction of sp³-hybridized carbons (Fsp3) is 0.467. The van der Waals surface area contributed by atoms with Crippen LogP contribution in [0.25, 0.3) is 0 Å². The summed E-state index contributed by atoms with van der Waals surface area (Å²) in [6.45, 7) is 3.68. The maximum Gasteiger partial charge on any atom is 0.328 e. The Labute approximate surface area is 119 Å². The number of esters is 1. The van der Waals surface area contributed by atoms with Crippen molar-refractivity contribution in [2.45, 2.75) is 26.0 Å². The number of carbonyl (C=O) groups excluding carboxylic acids is 2. The van der Waals surface area contributed by atoms with E-state index in [2.05, 4.69) is 5.32 Å². The lowest BCUT2D eigenvalue weighted by atomic mass is 10.0. The summed E-state index contributed by atoms with van der Waals surface area (Å²) in [5.74, 6) is -0.890. The molecule has 110 valence electrons. The first-order chi connectivity index (χ1) is 9.51. The molecule has 1 aromatic carbocycles. The van der Waals surface area contributed by atoms with Crippen molar-refractivity contribution < 1.29 is 19.1 Å². The van der Waals surface area contributed by atoms with Crippen LogP contribution in [-0.4, -0.2) is 32.1 Å². The zero-order chi connectivity index (χ0) is 15.1. The standard InChI is InChI=1S/C15H21NO4/c1-10(2)12(15(18)20-4)16-14(17)13(19-3)11-8-6-5-7-9-11/h5-10,12-13H,1-4H3,(H,16,17)/t12-,13?/m0/s1. The maximum atomic E-state index is 12.3. The maximum absolute atomic E-state index is 12.3. The molecule has 0 aliphatic carbocycles. The highest BCUT2D eigenvalue weighted by Gasteiger charge is 2.29. The van der Waals surface area contributed by atoms with Gasteiger partial charge in [-0.1, -0.05) is 44.2 Å². The van der Waals surface area contributed by atoms with Gasteiger partial charge in [-0.05, 0) is 11.5 Å². The number of methoxy groups -OCH3 is 2. The van der Waals surface area contributed by atoms with Gasteiger partial charge in [0.2, 0.25) is 0 Å². The zero-order valence-electron chi connectivity index (χ0n) is 12.3. The van der Waals surface area contributed by atoms with Crippen LogP contribution >= 0.6 is 0 Å². The van der Waals surface area contributed by atoms with E-state index < -0.39 is 18.1 Å². The minimum atomic E-state index is -0.748. The lowest BCUT2D eigenvalue weighted by molar-refractivity contribution is -0.148. The summed E-state index contributed by atoms with van der Waals surface area (Å²) in [7, 11) is 2.76. The molecule has 1 amide bonds. The highest BCUT2D eigenvalue weighted by molar-refractivity contribution is 5.87. The lowest BCUT2D eigenvalue weighted by Gasteiger charge is -2.23. The molecule has 0 fully saturated rings. The van der Waals surface area contributed by atoms with Gasteiger partial charge in [-0.25, -0.2) is 4.79 Å². The average molecular weight is 279 g/mol. The summed E-state index contributed by atoms with van der Waals surface area (Å²) in [6.07, 6.45) is -0.748. The van der Waals surface area contributed by atoms with Crippen molar-refractivity contribution in [2.75, 3.05) is 14.2 Å². The van der Waals surface area contributed by atoms with E-state index >= 15 is 0 Å². The molecule has 1 unspecified atom stereocenters. The van der Waals surface area contributed by atoms with Crippen molar-refractivity contribution in [3.8, 4) is 0 Å². The van der Waals surface area contributed by atoms with E-state index in [-0.39, 0.29) is 11.8 Å². The minimum Gasteiger partial charge on any atom is -0.467 e. The van der Waals surface area contributed by atoms with Gasteiger partial charge < -0.3 is 14.8 Å². The molecule has 0 heterocycles. The van der Waals surface area contributed by atoms with Crippen molar-refractivity contribution in [1.29, 1.82) is 0 Å². The van der Waals surface area contributed by atoms with Gasteiger partial charge in [-0.2, -0.15) is 0 Å². The number of amides is 1. The first-order valence-corrected chi connectivity index (χ1v) is 6.47. The molecule has 0 saturated carbocycles. The second-order valence-corrected chi connectivity index (χ2v) is 4.78. The molecule has 0 aliphatic rings. The smallest absolute Gasteiger partial charge is 0.328 e. The number of nitrogens with one attached hydrogen (secondary N) is 1. The van der Waals surface area contributed by atoms with Crippen molar-refractivity contribution >= 4 is 11.9 Å². The largest absolute Gasteiger partial charge is 0.467 e. The summed E-state index contributed by atoms with van der Waals surface area (Å²) in [5.41, 5.74) is 0.736. The molecule has 0 radical (unpaired) electrons. The summed E-state index contributed by atoms with van der Waals surface area (Å²) >= 11 is 0. The van der Waals surface area contributed by atoms with Crippen LogP contribution < -0.4 is 5.32 Å². The molecule has 1 N–H and O–H groups in total. The van der Waals surface area contributed by atoms with Crippen molar-refractivity contribution in [2.24, 2.45) is 5.92 Å². The van der Waals surface area contributed by atoms with Gasteiger partial charge in [0.15, 0.2) is 6.10 Å². The fourth-order valence-electron chi connectivity index (χ4n) is 1.88. The molecule has 5 heteroatoms. The van der Waals surface area contributed by atoms with Crippen LogP contribution in [0.3, 0.4) is 0 Å². The fourth-order valence-corrected chi connectivity index (χ4v) is 1.88. The topological polar surface area (TPSA) is 64.6 Å². The second kappa shape index (κ2) is 7.65. The molecular formula is C15H21NO4. The summed E-state index contributed by atoms with van der Waals surface area (Å²) in [5, 5.41) is 2.68. The average Bonchev–Trinajstić information content (AvgIpc) is 2.45. The Morgan fingerprint density at radius 3 is 2.15 bits per heavy atom. The van der Waals surface area contributed by atoms with Crippen molar-refractivity contribution in [3.05, 3.63) is 35.9 Å². The Morgan fingerprint density at radius 2 is 1.70 bits per heavy atom. The second-order valence-electron chi connectivity index (χ2n) is 4.78. The van der Waals surface area contributed by atoms with Crippen LogP contribution in [0.2, 0.25) is 0 Å². The SMILES string of the molecule is COC(=O)[C@@H](NC(=O)C(OC)c1ccccc1)C(C)C. The number of hydrogen-bond donors (Lipinski definition) is 1.